The Hall–Kier alpha value is -2.34. The number of aliphatic hydroxyl groups excluding tert-OH is 1. The minimum Gasteiger partial charge on any atom is -0.394 e. The molecule has 2 rings (SSSR count). The van der Waals surface area contributed by atoms with Crippen LogP contribution in [0.1, 0.15) is 18.1 Å². The SMILES string of the molecule is CC(=O)Nc1ccc(C)c(NCc2cnn(CCO)c2)c1. The molecule has 0 atom stereocenters. The highest BCUT2D eigenvalue weighted by Gasteiger charge is 2.03. The molecule has 6 nitrogen and oxygen atoms in total. The summed E-state index contributed by atoms with van der Waals surface area (Å²) in [6.07, 6.45) is 3.67. The normalized spacial score (nSPS) is 10.4. The Kier molecular flexibility index (Phi) is 4.94. The predicted octanol–water partition coefficient (Wildman–Crippen LogP) is 1.75. The quantitative estimate of drug-likeness (QED) is 0.756. The van der Waals surface area contributed by atoms with Gasteiger partial charge in [0.25, 0.3) is 0 Å². The Labute approximate surface area is 123 Å². The summed E-state index contributed by atoms with van der Waals surface area (Å²) in [5.74, 6) is -0.0879. The Morgan fingerprint density at radius 3 is 2.95 bits per heavy atom. The van der Waals surface area contributed by atoms with Crippen LogP contribution in [-0.4, -0.2) is 27.4 Å². The number of nitrogens with zero attached hydrogens (tertiary/aromatic N) is 2. The molecule has 1 aromatic carbocycles. The van der Waals surface area contributed by atoms with Crippen LogP contribution < -0.4 is 10.6 Å². The number of aliphatic hydroxyl groups is 1. The van der Waals surface area contributed by atoms with Gasteiger partial charge in [-0.3, -0.25) is 9.48 Å². The van der Waals surface area contributed by atoms with Crippen LogP contribution in [0, 0.1) is 6.92 Å². The molecule has 1 amide bonds. The molecule has 3 N–H and O–H groups in total. The molecule has 0 aliphatic rings. The van der Waals surface area contributed by atoms with E-state index < -0.39 is 0 Å². The number of aryl methyl sites for hydroxylation is 1. The molecular formula is C15H20N4O2. The summed E-state index contributed by atoms with van der Waals surface area (Å²) in [6.45, 7) is 4.71. The number of nitrogens with one attached hydrogen (secondary N) is 2. The average molecular weight is 288 g/mol. The molecule has 112 valence electrons. The zero-order valence-corrected chi connectivity index (χ0v) is 12.3. The second-order valence-electron chi connectivity index (χ2n) is 4.90. The smallest absolute Gasteiger partial charge is 0.221 e. The fraction of sp³-hybridized carbons (Fsp3) is 0.333. The maximum absolute atomic E-state index is 11.1. The Morgan fingerprint density at radius 2 is 2.24 bits per heavy atom. The first-order valence-corrected chi connectivity index (χ1v) is 6.83. The first-order valence-electron chi connectivity index (χ1n) is 6.83. The zero-order chi connectivity index (χ0) is 15.2. The molecule has 0 aliphatic heterocycles. The summed E-state index contributed by atoms with van der Waals surface area (Å²) in [7, 11) is 0. The number of benzene rings is 1. The van der Waals surface area contributed by atoms with Crippen LogP contribution in [-0.2, 0) is 17.9 Å². The number of amides is 1. The number of hydrogen-bond donors (Lipinski definition) is 3. The number of hydrogen-bond acceptors (Lipinski definition) is 4. The molecule has 1 aromatic heterocycles. The number of aromatic nitrogens is 2. The van der Waals surface area contributed by atoms with Gasteiger partial charge < -0.3 is 15.7 Å². The summed E-state index contributed by atoms with van der Waals surface area (Å²) in [6, 6.07) is 5.75. The monoisotopic (exact) mass is 288 g/mol. The summed E-state index contributed by atoms with van der Waals surface area (Å²) < 4.78 is 1.71. The average Bonchev–Trinajstić information content (AvgIpc) is 2.87. The van der Waals surface area contributed by atoms with Crippen molar-refractivity contribution < 1.29 is 9.90 Å². The zero-order valence-electron chi connectivity index (χ0n) is 12.3. The molecular weight excluding hydrogens is 268 g/mol. The molecule has 0 radical (unpaired) electrons. The van der Waals surface area contributed by atoms with Crippen molar-refractivity contribution in [2.24, 2.45) is 0 Å². The van der Waals surface area contributed by atoms with E-state index in [4.69, 9.17) is 5.11 Å². The van der Waals surface area contributed by atoms with Gasteiger partial charge in [0, 0.05) is 36.6 Å². The lowest BCUT2D eigenvalue weighted by Crippen LogP contribution is -2.07. The van der Waals surface area contributed by atoms with E-state index in [0.29, 0.717) is 13.1 Å². The lowest BCUT2D eigenvalue weighted by molar-refractivity contribution is -0.114. The van der Waals surface area contributed by atoms with E-state index in [-0.39, 0.29) is 12.5 Å². The van der Waals surface area contributed by atoms with E-state index in [1.165, 1.54) is 6.92 Å². The third-order valence-corrected chi connectivity index (χ3v) is 3.06. The van der Waals surface area contributed by atoms with Gasteiger partial charge in [-0.25, -0.2) is 0 Å². The number of carbonyl (C=O) groups excluding carboxylic acids is 1. The van der Waals surface area contributed by atoms with E-state index in [1.807, 2.05) is 31.3 Å². The van der Waals surface area contributed by atoms with Crippen molar-refractivity contribution in [2.75, 3.05) is 17.2 Å². The predicted molar refractivity (Wildman–Crippen MR) is 82.1 cm³/mol. The molecule has 0 aliphatic carbocycles. The van der Waals surface area contributed by atoms with Crippen LogP contribution in [0.5, 0.6) is 0 Å². The number of carbonyl (C=O) groups is 1. The van der Waals surface area contributed by atoms with Gasteiger partial charge in [-0.1, -0.05) is 6.07 Å². The maximum Gasteiger partial charge on any atom is 0.221 e. The van der Waals surface area contributed by atoms with Crippen LogP contribution in [0.25, 0.3) is 0 Å². The molecule has 0 spiro atoms. The van der Waals surface area contributed by atoms with Crippen LogP contribution in [0.4, 0.5) is 11.4 Å². The van der Waals surface area contributed by atoms with Gasteiger partial charge in [-0.15, -0.1) is 0 Å². The van der Waals surface area contributed by atoms with Crippen LogP contribution in [0.2, 0.25) is 0 Å². The fourth-order valence-corrected chi connectivity index (χ4v) is 2.01. The summed E-state index contributed by atoms with van der Waals surface area (Å²) >= 11 is 0. The molecule has 21 heavy (non-hydrogen) atoms. The van der Waals surface area contributed by atoms with E-state index in [1.54, 1.807) is 10.9 Å². The minimum atomic E-state index is -0.0879. The molecule has 0 saturated heterocycles. The molecule has 0 saturated carbocycles. The second-order valence-corrected chi connectivity index (χ2v) is 4.90. The number of anilines is 2. The topological polar surface area (TPSA) is 79.2 Å². The lowest BCUT2D eigenvalue weighted by Gasteiger charge is -2.11. The summed E-state index contributed by atoms with van der Waals surface area (Å²) in [5.41, 5.74) is 3.88. The summed E-state index contributed by atoms with van der Waals surface area (Å²) in [5, 5.41) is 19.1. The molecule has 6 heteroatoms. The van der Waals surface area contributed by atoms with Crippen molar-refractivity contribution in [2.45, 2.75) is 26.9 Å². The van der Waals surface area contributed by atoms with E-state index in [0.717, 1.165) is 22.5 Å². The highest BCUT2D eigenvalue weighted by Crippen LogP contribution is 2.21. The Balaban J connectivity index is 2.02. The second kappa shape index (κ2) is 6.90. The van der Waals surface area contributed by atoms with Gasteiger partial charge in [0.05, 0.1) is 19.3 Å². The fourth-order valence-electron chi connectivity index (χ4n) is 2.01. The molecule has 0 bridgehead atoms. The van der Waals surface area contributed by atoms with Gasteiger partial charge in [0.2, 0.25) is 5.91 Å². The Bertz CT molecular complexity index is 622. The highest BCUT2D eigenvalue weighted by molar-refractivity contribution is 5.89. The largest absolute Gasteiger partial charge is 0.394 e. The van der Waals surface area contributed by atoms with Gasteiger partial charge in [-0.2, -0.15) is 5.10 Å². The van der Waals surface area contributed by atoms with Crippen molar-refractivity contribution in [1.29, 1.82) is 0 Å². The summed E-state index contributed by atoms with van der Waals surface area (Å²) in [4.78, 5) is 11.1. The highest BCUT2D eigenvalue weighted by atomic mass is 16.3. The third-order valence-electron chi connectivity index (χ3n) is 3.06. The van der Waals surface area contributed by atoms with Crippen molar-refractivity contribution in [3.8, 4) is 0 Å². The standard InChI is InChI=1S/C15H20N4O2/c1-11-3-4-14(18-12(2)21)7-15(11)16-8-13-9-17-19(10-13)5-6-20/h3-4,7,9-10,16,20H,5-6,8H2,1-2H3,(H,18,21). The van der Waals surface area contributed by atoms with E-state index >= 15 is 0 Å². The van der Waals surface area contributed by atoms with Gasteiger partial charge in [-0.05, 0) is 24.6 Å². The van der Waals surface area contributed by atoms with Crippen LogP contribution in [0.15, 0.2) is 30.6 Å². The Morgan fingerprint density at radius 1 is 1.43 bits per heavy atom. The van der Waals surface area contributed by atoms with Gasteiger partial charge in [0.1, 0.15) is 0 Å². The van der Waals surface area contributed by atoms with E-state index in [2.05, 4.69) is 15.7 Å². The third kappa shape index (κ3) is 4.32. The molecule has 2 aromatic rings. The first-order chi connectivity index (χ1) is 10.1. The minimum absolute atomic E-state index is 0.0758. The molecule has 0 fully saturated rings. The van der Waals surface area contributed by atoms with E-state index in [9.17, 15) is 4.79 Å². The van der Waals surface area contributed by atoms with Crippen molar-refractivity contribution in [3.05, 3.63) is 41.7 Å². The van der Waals surface area contributed by atoms with Gasteiger partial charge in [0.15, 0.2) is 0 Å². The lowest BCUT2D eigenvalue weighted by atomic mass is 10.1. The maximum atomic E-state index is 11.1. The van der Waals surface area contributed by atoms with Crippen LogP contribution in [0.3, 0.4) is 0 Å². The van der Waals surface area contributed by atoms with Crippen molar-refractivity contribution in [3.63, 3.8) is 0 Å². The van der Waals surface area contributed by atoms with Gasteiger partial charge >= 0.3 is 0 Å². The molecule has 0 unspecified atom stereocenters. The number of rotatable bonds is 6. The molecule has 1 heterocycles. The van der Waals surface area contributed by atoms with Crippen LogP contribution >= 0.6 is 0 Å². The van der Waals surface area contributed by atoms with Crippen molar-refractivity contribution in [1.82, 2.24) is 9.78 Å². The first kappa shape index (κ1) is 15.1. The van der Waals surface area contributed by atoms with Crippen molar-refractivity contribution >= 4 is 17.3 Å².